The Morgan fingerprint density at radius 1 is 1.17 bits per heavy atom. The lowest BCUT2D eigenvalue weighted by Gasteiger charge is -2.44. The molecule has 1 saturated heterocycles. The molecule has 1 aliphatic heterocycles. The van der Waals surface area contributed by atoms with Crippen molar-refractivity contribution in [2.45, 2.75) is 69.0 Å². The maximum atomic E-state index is 13.4. The number of likely N-dealkylation sites (tertiary alicyclic amines) is 1. The zero-order valence-corrected chi connectivity index (χ0v) is 26.4. The summed E-state index contributed by atoms with van der Waals surface area (Å²) in [5.41, 5.74) is 6.25. The third kappa shape index (κ3) is 5.94. The Morgan fingerprint density at radius 2 is 1.96 bits per heavy atom. The van der Waals surface area contributed by atoms with Gasteiger partial charge >= 0.3 is 5.97 Å². The number of aromatic amines is 1. The smallest absolute Gasteiger partial charge is 0.352 e. The highest BCUT2D eigenvalue weighted by molar-refractivity contribution is 6.05. The van der Waals surface area contributed by atoms with Crippen molar-refractivity contribution in [1.82, 2.24) is 9.88 Å². The number of rotatable bonds is 11. The first kappa shape index (κ1) is 31.9. The molecule has 3 heterocycles. The lowest BCUT2D eigenvalue weighted by atomic mass is 9.63. The zero-order chi connectivity index (χ0) is 32.6. The Morgan fingerprint density at radius 3 is 2.65 bits per heavy atom. The molecule has 2 fully saturated rings. The summed E-state index contributed by atoms with van der Waals surface area (Å²) in [5.74, 6) is -0.485. The fourth-order valence-electron chi connectivity index (χ4n) is 7.43. The van der Waals surface area contributed by atoms with E-state index in [0.29, 0.717) is 72.2 Å². The van der Waals surface area contributed by atoms with Crippen molar-refractivity contribution >= 4 is 33.7 Å². The van der Waals surface area contributed by atoms with E-state index in [1.807, 2.05) is 25.1 Å². The van der Waals surface area contributed by atoms with Crippen LogP contribution >= 0.6 is 0 Å². The number of hydrogen-bond acceptors (Lipinski definition) is 8. The number of aliphatic hydroxyl groups excluding tert-OH is 1. The second kappa shape index (κ2) is 12.6. The number of amides is 1. The van der Waals surface area contributed by atoms with E-state index in [1.54, 1.807) is 31.6 Å². The number of piperidine rings is 1. The average molecular weight is 634 g/mol. The lowest BCUT2D eigenvalue weighted by molar-refractivity contribution is -0.127. The molecular weight excluding hydrogens is 590 g/mol. The van der Waals surface area contributed by atoms with Gasteiger partial charge in [0, 0.05) is 54.0 Å². The van der Waals surface area contributed by atoms with E-state index in [2.05, 4.69) is 9.88 Å². The van der Waals surface area contributed by atoms with Gasteiger partial charge in [-0.25, -0.2) is 4.79 Å². The number of aromatic nitrogens is 1. The van der Waals surface area contributed by atoms with Crippen molar-refractivity contribution in [1.29, 1.82) is 0 Å². The molecule has 6 N–H and O–H groups in total. The molecule has 1 aliphatic carbocycles. The number of H-pyrrole nitrogens is 1. The van der Waals surface area contributed by atoms with E-state index in [1.165, 1.54) is 0 Å². The molecule has 2 aromatic carbocycles. The van der Waals surface area contributed by atoms with Crippen molar-refractivity contribution in [3.05, 3.63) is 59.5 Å². The van der Waals surface area contributed by atoms with Gasteiger partial charge in [0.05, 0.1) is 42.6 Å². The van der Waals surface area contributed by atoms with Crippen LogP contribution in [0.2, 0.25) is 0 Å². The van der Waals surface area contributed by atoms with Crippen molar-refractivity contribution in [2.24, 2.45) is 11.7 Å². The van der Waals surface area contributed by atoms with Crippen LogP contribution in [0.1, 0.15) is 67.1 Å². The molecule has 4 aromatic rings. The summed E-state index contributed by atoms with van der Waals surface area (Å²) >= 11 is 0. The Labute approximate surface area is 267 Å². The summed E-state index contributed by atoms with van der Waals surface area (Å²) in [5, 5.41) is 33.4. The topological polar surface area (TPSA) is 171 Å². The molecule has 1 amide bonds. The summed E-state index contributed by atoms with van der Waals surface area (Å²) in [6.45, 7) is 4.54. The Balaban J connectivity index is 1.24. The van der Waals surface area contributed by atoms with Crippen molar-refractivity contribution in [3.63, 3.8) is 0 Å². The minimum Gasteiger partial charge on any atom is -0.497 e. The number of nitrogens with one attached hydrogen (secondary N) is 1. The van der Waals surface area contributed by atoms with Crippen LogP contribution in [0.3, 0.4) is 0 Å². The molecule has 0 bridgehead atoms. The molecule has 11 nitrogen and oxygen atoms in total. The maximum absolute atomic E-state index is 13.4. The van der Waals surface area contributed by atoms with Gasteiger partial charge in [-0.1, -0.05) is 13.0 Å². The van der Waals surface area contributed by atoms with E-state index >= 15 is 0 Å². The first-order chi connectivity index (χ1) is 22.0. The predicted molar refractivity (Wildman–Crippen MR) is 172 cm³/mol. The third-order valence-electron chi connectivity index (χ3n) is 10.3. The molecule has 6 rings (SSSR count). The second-order valence-corrected chi connectivity index (χ2v) is 13.1. The molecule has 1 saturated carbocycles. The number of primary amides is 1. The fourth-order valence-corrected chi connectivity index (χ4v) is 7.43. The predicted octanol–water partition coefficient (Wildman–Crippen LogP) is 4.36. The molecule has 46 heavy (non-hydrogen) atoms. The normalized spacial score (nSPS) is 25.6. The van der Waals surface area contributed by atoms with Gasteiger partial charge in [-0.15, -0.1) is 0 Å². The van der Waals surface area contributed by atoms with Gasteiger partial charge in [-0.3, -0.25) is 4.79 Å². The van der Waals surface area contributed by atoms with Crippen LogP contribution in [0.25, 0.3) is 21.9 Å². The summed E-state index contributed by atoms with van der Waals surface area (Å²) in [6, 6.07) is 11.0. The summed E-state index contributed by atoms with van der Waals surface area (Å²) in [7, 11) is 1.60. The monoisotopic (exact) mass is 633 g/mol. The number of carbonyl (C=O) groups excluding carboxylic acids is 1. The molecule has 246 valence electrons. The van der Waals surface area contributed by atoms with Gasteiger partial charge in [0.15, 0.2) is 0 Å². The highest BCUT2D eigenvalue weighted by Gasteiger charge is 2.50. The largest absolute Gasteiger partial charge is 0.497 e. The van der Waals surface area contributed by atoms with E-state index in [4.69, 9.17) is 19.6 Å². The lowest BCUT2D eigenvalue weighted by Crippen LogP contribution is -2.50. The molecule has 0 unspecified atom stereocenters. The van der Waals surface area contributed by atoms with E-state index in [9.17, 15) is 24.9 Å². The van der Waals surface area contributed by atoms with Crippen LogP contribution in [0, 0.1) is 5.92 Å². The minimum absolute atomic E-state index is 0.0917. The molecule has 0 spiro atoms. The van der Waals surface area contributed by atoms with Crippen molar-refractivity contribution in [2.75, 3.05) is 33.4 Å². The molecule has 11 heteroatoms. The van der Waals surface area contributed by atoms with Crippen molar-refractivity contribution in [3.8, 4) is 11.5 Å². The number of carboxylic acids is 1. The molecule has 2 atom stereocenters. The molecule has 2 aromatic heterocycles. The number of aliphatic hydroxyl groups is 2. The van der Waals surface area contributed by atoms with E-state index in [0.717, 1.165) is 24.0 Å². The number of methoxy groups -OCH3 is 1. The van der Waals surface area contributed by atoms with Gasteiger partial charge < -0.3 is 44.8 Å². The number of carboxylic acid groups (broad SMARTS) is 1. The number of nitrogens with zero attached hydrogens (tertiary/aromatic N) is 1. The SMILES string of the molecule is COc1ccc2c(CCOc3cccc4[nH]c(C(=O)O)c(C5(C(N)=O)CCC(O)(CCN6CC[C@H](O)[C@@H](C)C6)CC5)c34)coc2c1. The Bertz CT molecular complexity index is 1730. The quantitative estimate of drug-likeness (QED) is 0.161. The fraction of sp³-hybridized carbons (Fsp3) is 0.486. The summed E-state index contributed by atoms with van der Waals surface area (Å²) in [4.78, 5) is 31.2. The number of hydrogen-bond donors (Lipinski definition) is 5. The number of fused-ring (bicyclic) bond motifs is 2. The standard InChI is InChI=1S/C35H43N3O8/c1-21-19-38(15-8-26(21)39)16-14-34(43)10-12-35(13-11-34,33(36)42)30-29-25(37-31(30)32(40)41)4-3-5-27(29)45-17-9-22-20-46-28-18-23(44-2)6-7-24(22)28/h3-7,18,20-21,26,37,39,43H,8-17,19H2,1-2H3,(H2,36,42)(H,40,41)/t21-,26-,34?,35?/m0/s1. The van der Waals surface area contributed by atoms with Gasteiger partial charge in [0.2, 0.25) is 5.91 Å². The molecule has 2 aliphatic rings. The van der Waals surface area contributed by atoms with E-state index < -0.39 is 22.9 Å². The molecular formula is C35H43N3O8. The van der Waals surface area contributed by atoms with Gasteiger partial charge in [-0.05, 0) is 68.7 Å². The maximum Gasteiger partial charge on any atom is 0.352 e. The zero-order valence-electron chi connectivity index (χ0n) is 26.4. The third-order valence-corrected chi connectivity index (χ3v) is 10.3. The average Bonchev–Trinajstić information content (AvgIpc) is 3.64. The molecule has 0 radical (unpaired) electrons. The van der Waals surface area contributed by atoms with Crippen LogP contribution in [0.4, 0.5) is 0 Å². The summed E-state index contributed by atoms with van der Waals surface area (Å²) < 4.78 is 17.3. The number of aromatic carboxylic acids is 1. The first-order valence-corrected chi connectivity index (χ1v) is 16.0. The van der Waals surface area contributed by atoms with E-state index in [-0.39, 0.29) is 37.2 Å². The van der Waals surface area contributed by atoms with Crippen LogP contribution in [0.15, 0.2) is 47.1 Å². The Kier molecular flexibility index (Phi) is 8.75. The van der Waals surface area contributed by atoms with Crippen molar-refractivity contribution < 1.29 is 38.8 Å². The highest BCUT2D eigenvalue weighted by atomic mass is 16.5. The second-order valence-electron chi connectivity index (χ2n) is 13.1. The van der Waals surface area contributed by atoms with Gasteiger partial charge in [0.25, 0.3) is 0 Å². The first-order valence-electron chi connectivity index (χ1n) is 16.0. The minimum atomic E-state index is -1.30. The number of carbonyl (C=O) groups is 2. The number of benzene rings is 2. The highest BCUT2D eigenvalue weighted by Crippen LogP contribution is 2.49. The number of furan rings is 1. The van der Waals surface area contributed by atoms with Gasteiger partial charge in [-0.2, -0.15) is 0 Å². The van der Waals surface area contributed by atoms with Crippen LogP contribution in [-0.2, 0) is 16.6 Å². The van der Waals surface area contributed by atoms with Crippen LogP contribution in [-0.4, -0.2) is 82.1 Å². The number of ether oxygens (including phenoxy) is 2. The van der Waals surface area contributed by atoms with Gasteiger partial charge in [0.1, 0.15) is 22.8 Å². The van der Waals surface area contributed by atoms with Crippen LogP contribution in [0.5, 0.6) is 11.5 Å². The Hall–Kier alpha value is -4.06. The summed E-state index contributed by atoms with van der Waals surface area (Å²) in [6.07, 6.45) is 4.18. The van der Waals surface area contributed by atoms with Crippen LogP contribution < -0.4 is 15.2 Å². The number of nitrogens with two attached hydrogens (primary N) is 1.